The fraction of sp³-hybridized carbons (Fsp3) is 0.727. The topological polar surface area (TPSA) is 185 Å². The summed E-state index contributed by atoms with van der Waals surface area (Å²) >= 11 is 0. The van der Waals surface area contributed by atoms with Crippen molar-refractivity contribution in [3.8, 4) is 0 Å². The Labute approximate surface area is 119 Å². The van der Waals surface area contributed by atoms with Crippen molar-refractivity contribution in [1.82, 2.24) is 5.32 Å². The Morgan fingerprint density at radius 2 is 1.52 bits per heavy atom. The Balaban J connectivity index is 5.04. The molecule has 0 heterocycles. The minimum Gasteiger partial charge on any atom is -0.475 e. The quantitative estimate of drug-likeness (QED) is 0.208. The van der Waals surface area contributed by atoms with Gasteiger partial charge in [0, 0.05) is 13.3 Å². The Morgan fingerprint density at radius 1 is 1.00 bits per heavy atom. The van der Waals surface area contributed by atoms with Crippen molar-refractivity contribution in [3.05, 3.63) is 0 Å². The van der Waals surface area contributed by atoms with Crippen LogP contribution in [0.3, 0.4) is 0 Å². The van der Waals surface area contributed by atoms with Crippen LogP contribution < -0.4 is 5.32 Å². The molecule has 0 aliphatic carbocycles. The highest BCUT2D eigenvalue weighted by atomic mass is 16.4. The summed E-state index contributed by atoms with van der Waals surface area (Å²) in [5.41, 5.74) is 0. The molecule has 1 amide bonds. The second kappa shape index (κ2) is 8.64. The van der Waals surface area contributed by atoms with E-state index in [4.69, 9.17) is 10.2 Å². The average Bonchev–Trinajstić information content (AvgIpc) is 2.41. The Bertz CT molecular complexity index is 386. The van der Waals surface area contributed by atoms with Crippen LogP contribution in [0, 0.1) is 0 Å². The molecule has 0 bridgehead atoms. The number of rotatable bonds is 9. The van der Waals surface area contributed by atoms with Crippen LogP contribution in [-0.2, 0) is 14.4 Å². The Morgan fingerprint density at radius 3 is 1.90 bits per heavy atom. The van der Waals surface area contributed by atoms with E-state index < -0.39 is 61.1 Å². The third-order valence-electron chi connectivity index (χ3n) is 2.72. The number of carboxylic acid groups (broad SMARTS) is 1. The van der Waals surface area contributed by atoms with Crippen LogP contribution in [0.2, 0.25) is 0 Å². The largest absolute Gasteiger partial charge is 0.475 e. The molecule has 0 saturated carbocycles. The first kappa shape index (κ1) is 19.4. The third kappa shape index (κ3) is 6.14. The third-order valence-corrected chi connectivity index (χ3v) is 2.72. The van der Waals surface area contributed by atoms with Crippen LogP contribution >= 0.6 is 0 Å². The number of carbonyl (C=O) groups is 3. The molecule has 10 nitrogen and oxygen atoms in total. The molecule has 21 heavy (non-hydrogen) atoms. The molecule has 0 aliphatic rings. The van der Waals surface area contributed by atoms with Crippen LogP contribution in [0.4, 0.5) is 0 Å². The second-order valence-corrected chi connectivity index (χ2v) is 4.46. The number of hydrogen-bond acceptors (Lipinski definition) is 8. The lowest BCUT2D eigenvalue weighted by atomic mass is 9.94. The lowest BCUT2D eigenvalue weighted by Crippen LogP contribution is -2.57. The number of ketones is 1. The number of carboxylic acids is 1. The molecule has 0 aromatic carbocycles. The summed E-state index contributed by atoms with van der Waals surface area (Å²) in [6.07, 6.45) is -8.35. The van der Waals surface area contributed by atoms with E-state index in [-0.39, 0.29) is 0 Å². The van der Waals surface area contributed by atoms with Gasteiger partial charge in [0.1, 0.15) is 18.3 Å². The molecule has 0 aliphatic heterocycles. The zero-order valence-electron chi connectivity index (χ0n) is 11.2. The first-order chi connectivity index (χ1) is 9.61. The molecule has 10 heteroatoms. The van der Waals surface area contributed by atoms with E-state index >= 15 is 0 Å². The Kier molecular flexibility index (Phi) is 7.99. The maximum absolute atomic E-state index is 11.0. The average molecular weight is 309 g/mol. The van der Waals surface area contributed by atoms with Gasteiger partial charge in [-0.25, -0.2) is 4.79 Å². The maximum atomic E-state index is 11.0. The lowest BCUT2D eigenvalue weighted by molar-refractivity contribution is -0.151. The zero-order chi connectivity index (χ0) is 16.7. The van der Waals surface area contributed by atoms with Gasteiger partial charge in [-0.15, -0.1) is 0 Å². The molecule has 0 rings (SSSR count). The minimum absolute atomic E-state index is 0.730. The second-order valence-electron chi connectivity index (χ2n) is 4.46. The molecular formula is C11H19NO9. The molecule has 0 spiro atoms. The summed E-state index contributed by atoms with van der Waals surface area (Å²) in [6.45, 7) is 0.134. The number of carbonyl (C=O) groups excluding carboxylic acids is 2. The van der Waals surface area contributed by atoms with Crippen molar-refractivity contribution >= 4 is 17.7 Å². The summed E-state index contributed by atoms with van der Waals surface area (Å²) < 4.78 is 0. The highest BCUT2D eigenvalue weighted by Gasteiger charge is 2.37. The summed E-state index contributed by atoms with van der Waals surface area (Å²) in [7, 11) is 0. The number of aliphatic hydroxyl groups excluding tert-OH is 5. The predicted molar refractivity (Wildman–Crippen MR) is 66.0 cm³/mol. The normalized spacial score (nSPS) is 18.2. The van der Waals surface area contributed by atoms with Crippen LogP contribution in [0.1, 0.15) is 13.3 Å². The highest BCUT2D eigenvalue weighted by molar-refractivity contribution is 6.32. The number of Topliss-reactive ketones (excluding diaryl/α,β-unsaturated/α-hetero) is 1. The number of nitrogens with one attached hydrogen (secondary N) is 1. The van der Waals surface area contributed by atoms with Crippen LogP contribution in [0.15, 0.2) is 0 Å². The van der Waals surface area contributed by atoms with Gasteiger partial charge in [-0.2, -0.15) is 0 Å². The van der Waals surface area contributed by atoms with Crippen molar-refractivity contribution in [2.45, 2.75) is 43.8 Å². The molecule has 122 valence electrons. The van der Waals surface area contributed by atoms with Gasteiger partial charge in [-0.3, -0.25) is 9.59 Å². The monoisotopic (exact) mass is 309 g/mol. The van der Waals surface area contributed by atoms with Crippen molar-refractivity contribution in [2.75, 3.05) is 6.61 Å². The van der Waals surface area contributed by atoms with Gasteiger partial charge in [0.25, 0.3) is 0 Å². The van der Waals surface area contributed by atoms with Crippen LogP contribution in [0.25, 0.3) is 0 Å². The predicted octanol–water partition coefficient (Wildman–Crippen LogP) is -4.03. The van der Waals surface area contributed by atoms with Crippen molar-refractivity contribution in [1.29, 1.82) is 0 Å². The number of hydrogen-bond donors (Lipinski definition) is 7. The van der Waals surface area contributed by atoms with Crippen LogP contribution in [0.5, 0.6) is 0 Å². The number of amides is 1. The molecule has 0 fully saturated rings. The summed E-state index contributed by atoms with van der Waals surface area (Å²) in [5.74, 6) is -3.89. The first-order valence-electron chi connectivity index (χ1n) is 5.98. The van der Waals surface area contributed by atoms with E-state index in [1.54, 1.807) is 0 Å². The fourth-order valence-corrected chi connectivity index (χ4v) is 1.60. The molecule has 0 saturated heterocycles. The maximum Gasteiger partial charge on any atom is 0.372 e. The molecule has 5 atom stereocenters. The number of aliphatic carboxylic acids is 1. The van der Waals surface area contributed by atoms with Crippen molar-refractivity contribution in [3.63, 3.8) is 0 Å². The zero-order valence-corrected chi connectivity index (χ0v) is 11.2. The fourth-order valence-electron chi connectivity index (χ4n) is 1.60. The minimum atomic E-state index is -1.94. The molecule has 0 aromatic rings. The standard InChI is InChI=1S/C11H19NO9/c1-4(14)12-8(5(15)2-6(16)11(20)21)10(19)9(18)7(17)3-13/h5,7-10,13,15,17-19H,2-3H2,1H3,(H,12,14)(H,20,21)/t5-,7+,8-,9+,10-/m0/s1. The van der Waals surface area contributed by atoms with Gasteiger partial charge in [0.15, 0.2) is 0 Å². The lowest BCUT2D eigenvalue weighted by Gasteiger charge is -2.32. The van der Waals surface area contributed by atoms with E-state index in [0.717, 1.165) is 6.92 Å². The van der Waals surface area contributed by atoms with Gasteiger partial charge in [0.2, 0.25) is 11.7 Å². The van der Waals surface area contributed by atoms with E-state index in [1.165, 1.54) is 0 Å². The first-order valence-corrected chi connectivity index (χ1v) is 5.98. The van der Waals surface area contributed by atoms with Gasteiger partial charge in [0.05, 0.1) is 18.8 Å². The van der Waals surface area contributed by atoms with Gasteiger partial charge in [-0.05, 0) is 0 Å². The summed E-state index contributed by atoms with van der Waals surface area (Å²) in [6, 6.07) is -1.61. The SMILES string of the molecule is CC(=O)N[C@H]([C@H](O)[C@H](O)[C@H](O)CO)[C@@H](O)CC(=O)C(=O)O. The van der Waals surface area contributed by atoms with E-state index in [2.05, 4.69) is 0 Å². The van der Waals surface area contributed by atoms with Gasteiger partial charge < -0.3 is 36.0 Å². The smallest absolute Gasteiger partial charge is 0.372 e. The Hall–Kier alpha value is -1.59. The molecule has 0 unspecified atom stereocenters. The van der Waals surface area contributed by atoms with E-state index in [0.29, 0.717) is 0 Å². The summed E-state index contributed by atoms with van der Waals surface area (Å²) in [4.78, 5) is 32.4. The van der Waals surface area contributed by atoms with Gasteiger partial charge >= 0.3 is 5.97 Å². The van der Waals surface area contributed by atoms with E-state index in [1.807, 2.05) is 5.32 Å². The summed E-state index contributed by atoms with van der Waals surface area (Å²) in [5, 5.41) is 57.4. The van der Waals surface area contributed by atoms with Gasteiger partial charge in [-0.1, -0.05) is 0 Å². The number of aliphatic hydroxyl groups is 5. The molecular weight excluding hydrogens is 290 g/mol. The molecule has 0 radical (unpaired) electrons. The highest BCUT2D eigenvalue weighted by Crippen LogP contribution is 2.11. The molecule has 0 aromatic heterocycles. The van der Waals surface area contributed by atoms with Crippen molar-refractivity contribution in [2.24, 2.45) is 0 Å². The molecule has 7 N–H and O–H groups in total. The van der Waals surface area contributed by atoms with Crippen molar-refractivity contribution < 1.29 is 45.0 Å². The van der Waals surface area contributed by atoms with E-state index in [9.17, 15) is 34.8 Å². The van der Waals surface area contributed by atoms with Crippen LogP contribution in [-0.4, -0.2) is 85.4 Å².